The second-order valence-corrected chi connectivity index (χ2v) is 5.70. The van der Waals surface area contributed by atoms with Gasteiger partial charge in [-0.05, 0) is 30.7 Å². The molecule has 0 atom stereocenters. The van der Waals surface area contributed by atoms with Gasteiger partial charge in [-0.2, -0.15) is 18.3 Å². The number of aromatic nitrogens is 2. The number of benzene rings is 1. The van der Waals surface area contributed by atoms with Crippen LogP contribution in [0.1, 0.15) is 29.4 Å². The van der Waals surface area contributed by atoms with E-state index in [9.17, 15) is 22.4 Å². The number of fused-ring (bicyclic) bond motifs is 1. The van der Waals surface area contributed by atoms with Crippen LogP contribution in [0.4, 0.5) is 22.4 Å². The number of ether oxygens (including phenoxy) is 1. The van der Waals surface area contributed by atoms with E-state index < -0.39 is 23.8 Å². The van der Waals surface area contributed by atoms with E-state index in [1.807, 2.05) is 5.10 Å². The van der Waals surface area contributed by atoms with Crippen LogP contribution in [0.3, 0.4) is 0 Å². The molecule has 0 bridgehead atoms. The Bertz CT molecular complexity index is 841. The maximum Gasteiger partial charge on any atom is 0.433 e. The van der Waals surface area contributed by atoms with Gasteiger partial charge in [0.15, 0.2) is 0 Å². The molecule has 5 nitrogen and oxygen atoms in total. The van der Waals surface area contributed by atoms with Crippen molar-refractivity contribution in [2.45, 2.75) is 19.6 Å². The average molecular weight is 369 g/mol. The lowest BCUT2D eigenvalue weighted by molar-refractivity contribution is -0.142. The molecular formula is C17H15F4N3O2. The van der Waals surface area contributed by atoms with Crippen LogP contribution in [0.5, 0.6) is 0 Å². The Labute approximate surface area is 146 Å². The summed E-state index contributed by atoms with van der Waals surface area (Å²) in [5.74, 6) is -0.427. The first kappa shape index (κ1) is 18.0. The largest absolute Gasteiger partial charge is 0.450 e. The zero-order valence-corrected chi connectivity index (χ0v) is 13.7. The van der Waals surface area contributed by atoms with Crippen molar-refractivity contribution >= 4 is 17.7 Å². The Morgan fingerprint density at radius 2 is 2.00 bits per heavy atom. The molecule has 1 aliphatic rings. The number of hydrogen-bond donors (Lipinski definition) is 1. The standard InChI is InChI=1S/C17H15F4N3O2/c1-2-26-16(25)24-8-11(7-10-3-5-12(18)6-4-10)14-13(9-24)15(23-22-14)17(19,20)21/h3-7H,2,8-9H2,1H3,(H,22,23)/b11-7+. The SMILES string of the molecule is CCOC(=O)N1C/C(=C\c2ccc(F)cc2)c2n[nH]c(C(F)(F)F)c2C1. The number of nitrogens with one attached hydrogen (secondary N) is 1. The van der Waals surface area contributed by atoms with Crippen LogP contribution < -0.4 is 0 Å². The molecule has 1 aromatic carbocycles. The Balaban J connectivity index is 2.05. The van der Waals surface area contributed by atoms with Crippen molar-refractivity contribution < 1.29 is 27.1 Å². The number of hydrogen-bond acceptors (Lipinski definition) is 3. The third-order valence-corrected chi connectivity index (χ3v) is 3.90. The first-order valence-electron chi connectivity index (χ1n) is 7.82. The van der Waals surface area contributed by atoms with Gasteiger partial charge in [0.2, 0.25) is 0 Å². The fourth-order valence-electron chi connectivity index (χ4n) is 2.76. The van der Waals surface area contributed by atoms with Gasteiger partial charge in [-0.3, -0.25) is 10.00 Å². The predicted molar refractivity (Wildman–Crippen MR) is 85.3 cm³/mol. The molecule has 9 heteroatoms. The topological polar surface area (TPSA) is 58.2 Å². The minimum absolute atomic E-state index is 0.0331. The Morgan fingerprint density at radius 3 is 2.62 bits per heavy atom. The Kier molecular flexibility index (Phi) is 4.71. The molecule has 0 radical (unpaired) electrons. The van der Waals surface area contributed by atoms with Gasteiger partial charge in [0.1, 0.15) is 11.5 Å². The van der Waals surface area contributed by atoms with Crippen molar-refractivity contribution in [3.8, 4) is 0 Å². The van der Waals surface area contributed by atoms with Gasteiger partial charge in [0.25, 0.3) is 0 Å². The molecule has 26 heavy (non-hydrogen) atoms. The molecule has 0 fully saturated rings. The molecule has 0 unspecified atom stereocenters. The van der Waals surface area contributed by atoms with E-state index in [0.717, 1.165) is 0 Å². The lowest BCUT2D eigenvalue weighted by Gasteiger charge is -2.28. The smallest absolute Gasteiger partial charge is 0.433 e. The van der Waals surface area contributed by atoms with Gasteiger partial charge in [0, 0.05) is 11.1 Å². The lowest BCUT2D eigenvalue weighted by atomic mass is 9.98. The molecule has 1 amide bonds. The van der Waals surface area contributed by atoms with E-state index in [1.165, 1.54) is 29.2 Å². The quantitative estimate of drug-likeness (QED) is 0.812. The van der Waals surface area contributed by atoms with Crippen LogP contribution in [0.2, 0.25) is 0 Å². The number of amides is 1. The van der Waals surface area contributed by atoms with Crippen LogP contribution in [0, 0.1) is 5.82 Å². The summed E-state index contributed by atoms with van der Waals surface area (Å²) in [6.45, 7) is 1.49. The molecule has 1 N–H and O–H groups in total. The van der Waals surface area contributed by atoms with E-state index in [2.05, 4.69) is 5.10 Å². The number of rotatable bonds is 2. The van der Waals surface area contributed by atoms with E-state index in [-0.39, 0.29) is 31.0 Å². The normalized spacial score (nSPS) is 15.9. The molecule has 0 aliphatic carbocycles. The second kappa shape index (κ2) is 6.81. The van der Waals surface area contributed by atoms with Crippen molar-refractivity contribution in [3.05, 3.63) is 52.6 Å². The molecular weight excluding hydrogens is 354 g/mol. The molecule has 1 aliphatic heterocycles. The van der Waals surface area contributed by atoms with Gasteiger partial charge in [-0.15, -0.1) is 0 Å². The number of H-pyrrole nitrogens is 1. The van der Waals surface area contributed by atoms with Crippen LogP contribution >= 0.6 is 0 Å². The summed E-state index contributed by atoms with van der Waals surface area (Å²) in [5, 5.41) is 5.81. The number of aromatic amines is 1. The predicted octanol–water partition coefficient (Wildman–Crippen LogP) is 4.08. The highest BCUT2D eigenvalue weighted by Gasteiger charge is 2.40. The van der Waals surface area contributed by atoms with Gasteiger partial charge in [-0.25, -0.2) is 9.18 Å². The van der Waals surface area contributed by atoms with Crippen molar-refractivity contribution in [2.75, 3.05) is 13.2 Å². The second-order valence-electron chi connectivity index (χ2n) is 5.70. The fraction of sp³-hybridized carbons (Fsp3) is 0.294. The van der Waals surface area contributed by atoms with E-state index in [1.54, 1.807) is 13.0 Å². The van der Waals surface area contributed by atoms with E-state index in [4.69, 9.17) is 4.74 Å². The maximum absolute atomic E-state index is 13.2. The Hall–Kier alpha value is -2.84. The molecule has 138 valence electrons. The molecule has 0 spiro atoms. The van der Waals surface area contributed by atoms with Crippen molar-refractivity contribution in [1.29, 1.82) is 0 Å². The highest BCUT2D eigenvalue weighted by molar-refractivity contribution is 5.86. The molecule has 3 rings (SSSR count). The van der Waals surface area contributed by atoms with Crippen molar-refractivity contribution in [3.63, 3.8) is 0 Å². The average Bonchev–Trinajstić information content (AvgIpc) is 3.01. The van der Waals surface area contributed by atoms with E-state index >= 15 is 0 Å². The van der Waals surface area contributed by atoms with Crippen LogP contribution in [-0.2, 0) is 17.5 Å². The lowest BCUT2D eigenvalue weighted by Crippen LogP contribution is -2.36. The van der Waals surface area contributed by atoms with Crippen LogP contribution in [0.15, 0.2) is 24.3 Å². The Morgan fingerprint density at radius 1 is 1.31 bits per heavy atom. The number of halogens is 4. The number of carbonyl (C=O) groups is 1. The summed E-state index contributed by atoms with van der Waals surface area (Å²) in [5.41, 5.74) is 0.00569. The van der Waals surface area contributed by atoms with Crippen LogP contribution in [0.25, 0.3) is 11.6 Å². The van der Waals surface area contributed by atoms with Crippen molar-refractivity contribution in [2.24, 2.45) is 0 Å². The van der Waals surface area contributed by atoms with Crippen LogP contribution in [-0.4, -0.2) is 34.3 Å². The molecule has 1 aromatic heterocycles. The van der Waals surface area contributed by atoms with Gasteiger partial charge < -0.3 is 4.74 Å². The first-order valence-corrected chi connectivity index (χ1v) is 7.82. The van der Waals surface area contributed by atoms with Gasteiger partial charge >= 0.3 is 12.3 Å². The first-order chi connectivity index (χ1) is 12.3. The minimum atomic E-state index is -4.63. The monoisotopic (exact) mass is 369 g/mol. The molecule has 2 heterocycles. The summed E-state index contributed by atoms with van der Waals surface area (Å²) >= 11 is 0. The summed E-state index contributed by atoms with van der Waals surface area (Å²) in [7, 11) is 0. The number of nitrogens with zero attached hydrogens (tertiary/aromatic N) is 2. The highest BCUT2D eigenvalue weighted by Crippen LogP contribution is 2.37. The fourth-order valence-corrected chi connectivity index (χ4v) is 2.76. The highest BCUT2D eigenvalue weighted by atomic mass is 19.4. The third-order valence-electron chi connectivity index (χ3n) is 3.90. The minimum Gasteiger partial charge on any atom is -0.450 e. The molecule has 2 aromatic rings. The zero-order chi connectivity index (χ0) is 18.9. The maximum atomic E-state index is 13.2. The summed E-state index contributed by atoms with van der Waals surface area (Å²) in [6, 6.07) is 5.46. The third kappa shape index (κ3) is 3.56. The van der Waals surface area contributed by atoms with E-state index in [0.29, 0.717) is 11.1 Å². The summed E-state index contributed by atoms with van der Waals surface area (Å²) in [6.07, 6.45) is -3.76. The number of alkyl halides is 3. The van der Waals surface area contributed by atoms with Gasteiger partial charge in [0.05, 0.1) is 25.4 Å². The summed E-state index contributed by atoms with van der Waals surface area (Å²) < 4.78 is 57.6. The zero-order valence-electron chi connectivity index (χ0n) is 13.7. The number of carbonyl (C=O) groups excluding carboxylic acids is 1. The molecule has 0 saturated carbocycles. The summed E-state index contributed by atoms with van der Waals surface area (Å²) in [4.78, 5) is 13.2. The van der Waals surface area contributed by atoms with Crippen molar-refractivity contribution in [1.82, 2.24) is 15.1 Å². The molecule has 0 saturated heterocycles. The van der Waals surface area contributed by atoms with Gasteiger partial charge in [-0.1, -0.05) is 12.1 Å².